The molecule has 91 heavy (non-hydrogen) atoms. The molecular weight excluding hydrogens is 1100 g/mol. The Morgan fingerprint density at radius 2 is 0.637 bits per heavy atom. The van der Waals surface area contributed by atoms with Crippen LogP contribution in [0.2, 0.25) is 0 Å². The summed E-state index contributed by atoms with van der Waals surface area (Å²) in [5.41, 5.74) is 21.1. The minimum absolute atomic E-state index is 0.974. The molecule has 3 heterocycles. The summed E-state index contributed by atoms with van der Waals surface area (Å²) < 4.78 is 7.24. The van der Waals surface area contributed by atoms with E-state index >= 15 is 0 Å². The topological polar surface area (TPSA) is 27.7 Å². The van der Waals surface area contributed by atoms with Crippen molar-refractivity contribution >= 4 is 114 Å². The Balaban J connectivity index is 0.825. The Morgan fingerprint density at radius 3 is 1.11 bits per heavy atom. The van der Waals surface area contributed by atoms with Crippen molar-refractivity contribution in [1.82, 2.24) is 18.7 Å². The second-order valence-corrected chi connectivity index (χ2v) is 24.4. The van der Waals surface area contributed by atoms with Gasteiger partial charge in [-0.05, 0) is 196 Å². The van der Waals surface area contributed by atoms with Gasteiger partial charge in [0.25, 0.3) is 0 Å². The molecule has 424 valence electrons. The third-order valence-corrected chi connectivity index (χ3v) is 19.4. The molecule has 0 radical (unpaired) electrons. The van der Waals surface area contributed by atoms with Crippen molar-refractivity contribution in [3.05, 3.63) is 315 Å². The van der Waals surface area contributed by atoms with Gasteiger partial charge in [0.05, 0.1) is 33.1 Å². The number of allylic oxidation sites excluding steroid dienone is 4. The molecule has 0 spiro atoms. The fourth-order valence-electron chi connectivity index (χ4n) is 15.5. The molecule has 1 aliphatic carbocycles. The molecular formula is C87H56N4. The zero-order valence-corrected chi connectivity index (χ0v) is 49.7. The summed E-state index contributed by atoms with van der Waals surface area (Å²) in [7, 11) is 0. The second kappa shape index (κ2) is 20.4. The van der Waals surface area contributed by atoms with Gasteiger partial charge in [-0.1, -0.05) is 231 Å². The number of benzene rings is 15. The van der Waals surface area contributed by atoms with Gasteiger partial charge >= 0.3 is 0 Å². The molecule has 19 rings (SSSR count). The van der Waals surface area contributed by atoms with Crippen LogP contribution in [0, 0.1) is 0 Å². The van der Waals surface area contributed by atoms with E-state index in [1.165, 1.54) is 142 Å². The maximum Gasteiger partial charge on any atom is 0.145 e. The van der Waals surface area contributed by atoms with E-state index in [0.717, 1.165) is 52.2 Å². The fraction of sp³-hybridized carbons (Fsp3) is 0.0230. The van der Waals surface area contributed by atoms with E-state index in [0.29, 0.717) is 0 Å². The molecule has 3 aromatic heterocycles. The van der Waals surface area contributed by atoms with Crippen molar-refractivity contribution in [3.8, 4) is 67.3 Å². The molecule has 1 aliphatic rings. The predicted octanol–water partition coefficient (Wildman–Crippen LogP) is 23.5. The van der Waals surface area contributed by atoms with Crippen molar-refractivity contribution in [1.29, 1.82) is 0 Å². The summed E-state index contributed by atoms with van der Waals surface area (Å²) in [6, 6.07) is 111. The Bertz CT molecular complexity index is 6000. The van der Waals surface area contributed by atoms with Gasteiger partial charge in [0.1, 0.15) is 5.82 Å². The maximum atomic E-state index is 5.26. The molecule has 0 aliphatic heterocycles. The summed E-state index contributed by atoms with van der Waals surface area (Å²) in [6.45, 7) is 0. The van der Waals surface area contributed by atoms with Crippen LogP contribution < -0.4 is 0 Å². The second-order valence-electron chi connectivity index (χ2n) is 24.4. The third kappa shape index (κ3) is 7.92. The number of hydrogen-bond acceptors (Lipinski definition) is 1. The average molecular weight is 1160 g/mol. The zero-order valence-electron chi connectivity index (χ0n) is 49.7. The number of aromatic nitrogens is 4. The highest BCUT2D eigenvalue weighted by Gasteiger charge is 2.24. The quantitative estimate of drug-likeness (QED) is 0.139. The van der Waals surface area contributed by atoms with Gasteiger partial charge in [-0.2, -0.15) is 0 Å². The van der Waals surface area contributed by atoms with Crippen LogP contribution in [0.4, 0.5) is 0 Å². The highest BCUT2D eigenvalue weighted by atomic mass is 15.1. The van der Waals surface area contributed by atoms with E-state index < -0.39 is 0 Å². The molecule has 0 saturated heterocycles. The summed E-state index contributed by atoms with van der Waals surface area (Å²) in [5, 5.41) is 17.0. The van der Waals surface area contributed by atoms with Crippen LogP contribution in [0.1, 0.15) is 12.8 Å². The molecule has 0 amide bonds. The van der Waals surface area contributed by atoms with Crippen LogP contribution in [0.3, 0.4) is 0 Å². The summed E-state index contributed by atoms with van der Waals surface area (Å²) in [6.07, 6.45) is 8.66. The van der Waals surface area contributed by atoms with E-state index in [9.17, 15) is 0 Å². The van der Waals surface area contributed by atoms with Gasteiger partial charge in [-0.15, -0.1) is 0 Å². The number of fused-ring (bicyclic) bond motifs is 12. The van der Waals surface area contributed by atoms with E-state index in [4.69, 9.17) is 4.98 Å². The third-order valence-electron chi connectivity index (χ3n) is 19.4. The first kappa shape index (κ1) is 51.2. The van der Waals surface area contributed by atoms with Crippen LogP contribution >= 0.6 is 0 Å². The molecule has 0 bridgehead atoms. The highest BCUT2D eigenvalue weighted by Crippen LogP contribution is 2.50. The Kier molecular flexibility index (Phi) is 11.5. The summed E-state index contributed by atoms with van der Waals surface area (Å²) in [5.74, 6) is 0.976. The van der Waals surface area contributed by atoms with Gasteiger partial charge in [0, 0.05) is 44.2 Å². The smallest absolute Gasteiger partial charge is 0.145 e. The number of nitrogens with zero attached hydrogens (tertiary/aromatic N) is 4. The number of para-hydroxylation sites is 6. The minimum Gasteiger partial charge on any atom is -0.309 e. The molecule has 4 heteroatoms. The molecule has 0 saturated carbocycles. The van der Waals surface area contributed by atoms with Gasteiger partial charge in [-0.25, -0.2) is 4.98 Å². The van der Waals surface area contributed by atoms with Gasteiger partial charge in [-0.3, -0.25) is 4.57 Å². The molecule has 0 atom stereocenters. The number of imidazole rings is 1. The molecule has 18 aromatic rings. The highest BCUT2D eigenvalue weighted by molar-refractivity contribution is 6.26. The van der Waals surface area contributed by atoms with Crippen LogP contribution in [0.15, 0.2) is 315 Å². The van der Waals surface area contributed by atoms with Crippen LogP contribution in [-0.2, 0) is 0 Å². The molecule has 0 unspecified atom stereocenters. The van der Waals surface area contributed by atoms with Crippen molar-refractivity contribution in [2.24, 2.45) is 0 Å². The van der Waals surface area contributed by atoms with Crippen molar-refractivity contribution in [2.45, 2.75) is 12.8 Å². The minimum atomic E-state index is 0.974. The van der Waals surface area contributed by atoms with E-state index in [2.05, 4.69) is 329 Å². The van der Waals surface area contributed by atoms with Crippen LogP contribution in [0.5, 0.6) is 0 Å². The van der Waals surface area contributed by atoms with Crippen molar-refractivity contribution in [2.75, 3.05) is 0 Å². The SMILES string of the molecule is C1=CCCC(n2c(-c3ccc4cc(-c5c6ccccc6c(-c6ccc7c(-c8cccc(-n9c%10ccccc%10c%10ccccc%109)c8)c8ccccc8c(-c8cccc(-n9c%10ccccc%10c%10ccccc%109)c8)c7c6)c6ccccc56)ccc4c3)nc3ccccc32)=C1. The van der Waals surface area contributed by atoms with Gasteiger partial charge in [0.2, 0.25) is 0 Å². The average Bonchev–Trinajstić information content (AvgIpc) is 1.18. The maximum absolute atomic E-state index is 5.26. The van der Waals surface area contributed by atoms with Crippen molar-refractivity contribution in [3.63, 3.8) is 0 Å². The lowest BCUT2D eigenvalue weighted by molar-refractivity contribution is 0.960. The standard InChI is InChI=1S/C87H56N4/c1-2-24-62(25-3-1)91-82-43-19-14-38-77(82)88-87(91)61-47-45-55-50-59(46-44-56(55)51-61)84-69-32-4-6-34-71(69)85(72-35-7-5-33-70(72)84)60-48-49-75-76(54-60)86(58-23-21-27-64(53-58)90-80-41-17-12-30-67(80)68-31-13-18-42-81(68)90)74-37-9-8-36-73(74)83(75)57-22-20-26-63(52-57)89-78-39-15-10-28-65(78)66-29-11-16-40-79(66)89/h1-2,4-24,26-54H,3,25H2. The Labute approximate surface area is 525 Å². The van der Waals surface area contributed by atoms with E-state index in [1.807, 2.05) is 0 Å². The molecule has 15 aromatic carbocycles. The first-order valence-electron chi connectivity index (χ1n) is 31.7. The molecule has 4 nitrogen and oxygen atoms in total. The molecule has 0 N–H and O–H groups in total. The lowest BCUT2D eigenvalue weighted by Crippen LogP contribution is -2.01. The van der Waals surface area contributed by atoms with Gasteiger partial charge in [0.15, 0.2) is 0 Å². The first-order chi connectivity index (χ1) is 45.2. The monoisotopic (exact) mass is 1160 g/mol. The van der Waals surface area contributed by atoms with Crippen LogP contribution in [-0.4, -0.2) is 18.7 Å². The summed E-state index contributed by atoms with van der Waals surface area (Å²) >= 11 is 0. The lowest BCUT2D eigenvalue weighted by Gasteiger charge is -2.21. The molecule has 0 fully saturated rings. The normalized spacial score (nSPS) is 12.8. The predicted molar refractivity (Wildman–Crippen MR) is 386 cm³/mol. The number of rotatable bonds is 8. The lowest BCUT2D eigenvalue weighted by atomic mass is 9.82. The van der Waals surface area contributed by atoms with Crippen LogP contribution in [0.25, 0.3) is 181 Å². The number of hydrogen-bond donors (Lipinski definition) is 0. The van der Waals surface area contributed by atoms with E-state index in [1.54, 1.807) is 0 Å². The van der Waals surface area contributed by atoms with Gasteiger partial charge < -0.3 is 9.13 Å². The summed E-state index contributed by atoms with van der Waals surface area (Å²) in [4.78, 5) is 5.26. The Hall–Kier alpha value is -11.9. The first-order valence-corrected chi connectivity index (χ1v) is 31.7. The Morgan fingerprint density at radius 1 is 0.264 bits per heavy atom. The zero-order chi connectivity index (χ0) is 59.7. The van der Waals surface area contributed by atoms with Crippen molar-refractivity contribution < 1.29 is 0 Å². The van der Waals surface area contributed by atoms with E-state index in [-0.39, 0.29) is 0 Å². The fourth-order valence-corrected chi connectivity index (χ4v) is 15.5. The largest absolute Gasteiger partial charge is 0.309 e.